The van der Waals surface area contributed by atoms with Crippen molar-refractivity contribution in [2.45, 2.75) is 39.8 Å². The fraction of sp³-hybridized carbons (Fsp3) is 0.353. The Bertz CT molecular complexity index is 642. The van der Waals surface area contributed by atoms with Crippen molar-refractivity contribution in [2.75, 3.05) is 5.32 Å². The highest BCUT2D eigenvalue weighted by Gasteiger charge is 2.18. The second-order valence-electron chi connectivity index (χ2n) is 5.42. The van der Waals surface area contributed by atoms with Crippen molar-refractivity contribution >= 4 is 11.6 Å². The van der Waals surface area contributed by atoms with Crippen LogP contribution in [0.3, 0.4) is 0 Å². The van der Waals surface area contributed by atoms with E-state index in [-0.39, 0.29) is 18.0 Å². The van der Waals surface area contributed by atoms with Crippen LogP contribution >= 0.6 is 0 Å². The summed E-state index contributed by atoms with van der Waals surface area (Å²) < 4.78 is 0. The SMILES string of the molecule is Cc1ncc([C@@H](C)N[C@@H](C)C(=O)Nc2ccccc2)c(C)n1. The third kappa shape index (κ3) is 4.11. The summed E-state index contributed by atoms with van der Waals surface area (Å²) in [4.78, 5) is 20.8. The van der Waals surface area contributed by atoms with Crippen molar-refractivity contribution < 1.29 is 4.79 Å². The molecule has 1 heterocycles. The number of anilines is 1. The molecule has 2 rings (SSSR count). The molecule has 116 valence electrons. The Balaban J connectivity index is 1.98. The van der Waals surface area contributed by atoms with Crippen molar-refractivity contribution in [1.29, 1.82) is 0 Å². The molecular formula is C17H22N4O. The summed E-state index contributed by atoms with van der Waals surface area (Å²) in [6.07, 6.45) is 1.82. The van der Waals surface area contributed by atoms with Crippen LogP contribution in [0.4, 0.5) is 5.69 Å². The highest BCUT2D eigenvalue weighted by molar-refractivity contribution is 5.94. The first-order valence-electron chi connectivity index (χ1n) is 7.39. The van der Waals surface area contributed by atoms with Crippen molar-refractivity contribution in [1.82, 2.24) is 15.3 Å². The van der Waals surface area contributed by atoms with Crippen molar-refractivity contribution in [2.24, 2.45) is 0 Å². The Hall–Kier alpha value is -2.27. The van der Waals surface area contributed by atoms with Crippen molar-refractivity contribution in [3.63, 3.8) is 0 Å². The van der Waals surface area contributed by atoms with Crippen LogP contribution in [0.5, 0.6) is 0 Å². The number of aromatic nitrogens is 2. The molecule has 0 radical (unpaired) electrons. The summed E-state index contributed by atoms with van der Waals surface area (Å²) in [5.41, 5.74) is 2.73. The van der Waals surface area contributed by atoms with E-state index in [1.165, 1.54) is 0 Å². The van der Waals surface area contributed by atoms with Gasteiger partial charge in [-0.15, -0.1) is 0 Å². The molecular weight excluding hydrogens is 276 g/mol. The van der Waals surface area contributed by atoms with Crippen LogP contribution in [-0.2, 0) is 4.79 Å². The average Bonchev–Trinajstić information content (AvgIpc) is 2.47. The van der Waals surface area contributed by atoms with Crippen LogP contribution in [0.15, 0.2) is 36.5 Å². The molecule has 2 atom stereocenters. The number of amides is 1. The van der Waals surface area contributed by atoms with Crippen LogP contribution in [0.2, 0.25) is 0 Å². The molecule has 5 nitrogen and oxygen atoms in total. The summed E-state index contributed by atoms with van der Waals surface area (Å²) in [5.74, 6) is 0.687. The first-order valence-corrected chi connectivity index (χ1v) is 7.39. The van der Waals surface area contributed by atoms with Gasteiger partial charge in [0.25, 0.3) is 0 Å². The zero-order chi connectivity index (χ0) is 16.1. The standard InChI is InChI=1S/C17H22N4O/c1-11(16-10-18-14(4)20-12(16)2)19-13(3)17(22)21-15-8-6-5-7-9-15/h5-11,13,19H,1-4H3,(H,21,22)/t11-,13+/m1/s1. The minimum Gasteiger partial charge on any atom is -0.325 e. The fourth-order valence-electron chi connectivity index (χ4n) is 2.33. The molecule has 2 N–H and O–H groups in total. The number of hydrogen-bond acceptors (Lipinski definition) is 4. The Labute approximate surface area is 131 Å². The number of hydrogen-bond donors (Lipinski definition) is 2. The summed E-state index contributed by atoms with van der Waals surface area (Å²) in [6.45, 7) is 7.67. The normalized spacial score (nSPS) is 13.5. The van der Waals surface area contributed by atoms with Crippen LogP contribution in [0.1, 0.15) is 37.0 Å². The predicted molar refractivity (Wildman–Crippen MR) is 87.6 cm³/mol. The minimum absolute atomic E-state index is 0.00266. The number of carbonyl (C=O) groups is 1. The smallest absolute Gasteiger partial charge is 0.241 e. The molecule has 1 aromatic heterocycles. The molecule has 1 amide bonds. The van der Waals surface area contributed by atoms with E-state index in [0.29, 0.717) is 0 Å². The lowest BCUT2D eigenvalue weighted by Crippen LogP contribution is -2.39. The Morgan fingerprint density at radius 3 is 2.45 bits per heavy atom. The third-order valence-corrected chi connectivity index (χ3v) is 3.54. The van der Waals surface area contributed by atoms with Gasteiger partial charge in [0.2, 0.25) is 5.91 Å². The van der Waals surface area contributed by atoms with Crippen LogP contribution < -0.4 is 10.6 Å². The highest BCUT2D eigenvalue weighted by Crippen LogP contribution is 2.15. The van der Waals surface area contributed by atoms with Gasteiger partial charge in [-0.3, -0.25) is 10.1 Å². The number of rotatable bonds is 5. The number of nitrogens with zero attached hydrogens (tertiary/aromatic N) is 2. The number of para-hydroxylation sites is 1. The second kappa shape index (κ2) is 7.13. The Kier molecular flexibility index (Phi) is 5.22. The van der Waals surface area contributed by atoms with Gasteiger partial charge in [-0.2, -0.15) is 0 Å². The Morgan fingerprint density at radius 2 is 1.82 bits per heavy atom. The van der Waals surface area contributed by atoms with Gasteiger partial charge in [-0.1, -0.05) is 18.2 Å². The van der Waals surface area contributed by atoms with Gasteiger partial charge in [-0.25, -0.2) is 9.97 Å². The first-order chi connectivity index (χ1) is 10.5. The lowest BCUT2D eigenvalue weighted by atomic mass is 10.1. The molecule has 0 spiro atoms. The second-order valence-corrected chi connectivity index (χ2v) is 5.42. The first kappa shape index (κ1) is 16.1. The molecule has 1 aromatic carbocycles. The van der Waals surface area contributed by atoms with Gasteiger partial charge in [-0.05, 0) is 39.8 Å². The van der Waals surface area contributed by atoms with E-state index in [1.807, 2.05) is 64.2 Å². The molecule has 0 aliphatic carbocycles. The van der Waals surface area contributed by atoms with Gasteiger partial charge in [0, 0.05) is 29.2 Å². The van der Waals surface area contributed by atoms with E-state index in [2.05, 4.69) is 20.6 Å². The van der Waals surface area contributed by atoms with Crippen molar-refractivity contribution in [3.05, 3.63) is 53.6 Å². The summed E-state index contributed by atoms with van der Waals surface area (Å²) >= 11 is 0. The molecule has 0 saturated carbocycles. The van der Waals surface area contributed by atoms with Crippen LogP contribution in [0.25, 0.3) is 0 Å². The summed E-state index contributed by atoms with van der Waals surface area (Å²) in [7, 11) is 0. The maximum atomic E-state index is 12.2. The zero-order valence-corrected chi connectivity index (χ0v) is 13.4. The lowest BCUT2D eigenvalue weighted by molar-refractivity contribution is -0.117. The van der Waals surface area contributed by atoms with Gasteiger partial charge in [0.05, 0.1) is 6.04 Å². The van der Waals surface area contributed by atoms with E-state index in [4.69, 9.17) is 0 Å². The van der Waals surface area contributed by atoms with E-state index in [1.54, 1.807) is 0 Å². The lowest BCUT2D eigenvalue weighted by Gasteiger charge is -2.21. The van der Waals surface area contributed by atoms with Crippen molar-refractivity contribution in [3.8, 4) is 0 Å². The molecule has 5 heteroatoms. The van der Waals surface area contributed by atoms with Gasteiger partial charge < -0.3 is 5.32 Å². The van der Waals surface area contributed by atoms with Crippen LogP contribution in [0, 0.1) is 13.8 Å². The third-order valence-electron chi connectivity index (χ3n) is 3.54. The monoisotopic (exact) mass is 298 g/mol. The quantitative estimate of drug-likeness (QED) is 0.890. The molecule has 0 aliphatic heterocycles. The molecule has 2 aromatic rings. The Morgan fingerprint density at radius 1 is 1.14 bits per heavy atom. The number of benzene rings is 1. The maximum absolute atomic E-state index is 12.2. The minimum atomic E-state index is -0.323. The number of aryl methyl sites for hydroxylation is 2. The topological polar surface area (TPSA) is 66.9 Å². The van der Waals surface area contributed by atoms with E-state index >= 15 is 0 Å². The largest absolute Gasteiger partial charge is 0.325 e. The molecule has 0 unspecified atom stereocenters. The van der Waals surface area contributed by atoms with Gasteiger partial charge >= 0.3 is 0 Å². The van der Waals surface area contributed by atoms with Crippen LogP contribution in [-0.4, -0.2) is 21.9 Å². The molecule has 0 aliphatic rings. The number of carbonyl (C=O) groups excluding carboxylic acids is 1. The van der Waals surface area contributed by atoms with E-state index in [9.17, 15) is 4.79 Å². The average molecular weight is 298 g/mol. The highest BCUT2D eigenvalue weighted by atomic mass is 16.2. The summed E-state index contributed by atoms with van der Waals surface area (Å²) in [5, 5.41) is 6.17. The van der Waals surface area contributed by atoms with E-state index in [0.717, 1.165) is 22.8 Å². The summed E-state index contributed by atoms with van der Waals surface area (Å²) in [6, 6.07) is 9.11. The number of nitrogens with one attached hydrogen (secondary N) is 2. The van der Waals surface area contributed by atoms with Gasteiger partial charge in [0.15, 0.2) is 0 Å². The van der Waals surface area contributed by atoms with E-state index < -0.39 is 0 Å². The predicted octanol–water partition coefficient (Wildman–Crippen LogP) is 2.77. The molecule has 0 saturated heterocycles. The zero-order valence-electron chi connectivity index (χ0n) is 13.4. The molecule has 22 heavy (non-hydrogen) atoms. The fourth-order valence-corrected chi connectivity index (χ4v) is 2.33. The van der Waals surface area contributed by atoms with Gasteiger partial charge in [0.1, 0.15) is 5.82 Å². The maximum Gasteiger partial charge on any atom is 0.241 e. The molecule has 0 fully saturated rings. The molecule has 0 bridgehead atoms.